The highest BCUT2D eigenvalue weighted by Gasteiger charge is 2.22. The zero-order valence-electron chi connectivity index (χ0n) is 13.2. The Morgan fingerprint density at radius 2 is 1.87 bits per heavy atom. The fourth-order valence-electron chi connectivity index (χ4n) is 3.55. The fourth-order valence-corrected chi connectivity index (χ4v) is 3.76. The summed E-state index contributed by atoms with van der Waals surface area (Å²) in [6.07, 6.45) is 4.25. The quantitative estimate of drug-likeness (QED) is 0.726. The van der Waals surface area contributed by atoms with Crippen LogP contribution in [-0.2, 0) is 0 Å². The van der Waals surface area contributed by atoms with Crippen molar-refractivity contribution >= 4 is 28.2 Å². The van der Waals surface area contributed by atoms with Crippen molar-refractivity contribution in [3.8, 4) is 0 Å². The van der Waals surface area contributed by atoms with Crippen molar-refractivity contribution in [3.05, 3.63) is 58.7 Å². The number of hydrogen-bond donors (Lipinski definition) is 1. The van der Waals surface area contributed by atoms with Crippen LogP contribution >= 0.6 is 11.6 Å². The van der Waals surface area contributed by atoms with Crippen LogP contribution in [0, 0.1) is 6.92 Å². The van der Waals surface area contributed by atoms with Crippen LogP contribution in [0.15, 0.2) is 42.6 Å². The number of anilines is 1. The molecule has 1 aromatic heterocycles. The lowest BCUT2D eigenvalue weighted by Gasteiger charge is -2.34. The maximum absolute atomic E-state index is 6.26. The van der Waals surface area contributed by atoms with E-state index in [2.05, 4.69) is 52.4 Å². The van der Waals surface area contributed by atoms with E-state index in [9.17, 15) is 0 Å². The Kier molecular flexibility index (Phi) is 3.74. The molecule has 23 heavy (non-hydrogen) atoms. The molecule has 1 aliphatic rings. The van der Waals surface area contributed by atoms with Gasteiger partial charge in [0.2, 0.25) is 0 Å². The SMILES string of the molecule is Cc1ccc(C2CCN(c3cc(Cl)cc4[nH]ncc34)CC2)cc1. The van der Waals surface area contributed by atoms with Crippen LogP contribution in [0.5, 0.6) is 0 Å². The Hall–Kier alpha value is -2.00. The molecule has 0 saturated carbocycles. The first kappa shape index (κ1) is 14.6. The number of aromatic nitrogens is 2. The predicted molar refractivity (Wildman–Crippen MR) is 96.5 cm³/mol. The summed E-state index contributed by atoms with van der Waals surface area (Å²) in [5, 5.41) is 9.09. The molecular weight excluding hydrogens is 306 g/mol. The molecule has 1 saturated heterocycles. The number of fused-ring (bicyclic) bond motifs is 1. The number of piperidine rings is 1. The van der Waals surface area contributed by atoms with Crippen molar-refractivity contribution in [3.63, 3.8) is 0 Å². The maximum atomic E-state index is 6.26. The Morgan fingerprint density at radius 1 is 1.13 bits per heavy atom. The molecular formula is C19H20ClN3. The summed E-state index contributed by atoms with van der Waals surface area (Å²) in [6, 6.07) is 13.0. The average molecular weight is 326 g/mol. The average Bonchev–Trinajstić information content (AvgIpc) is 3.03. The molecule has 1 aliphatic heterocycles. The first-order chi connectivity index (χ1) is 11.2. The van der Waals surface area contributed by atoms with Gasteiger partial charge in [-0.2, -0.15) is 5.10 Å². The van der Waals surface area contributed by atoms with Gasteiger partial charge in [-0.1, -0.05) is 41.4 Å². The molecule has 0 unspecified atom stereocenters. The van der Waals surface area contributed by atoms with Crippen LogP contribution in [0.1, 0.15) is 29.9 Å². The van der Waals surface area contributed by atoms with Gasteiger partial charge in [-0.15, -0.1) is 0 Å². The van der Waals surface area contributed by atoms with Gasteiger partial charge in [-0.25, -0.2) is 0 Å². The van der Waals surface area contributed by atoms with Gasteiger partial charge in [-0.3, -0.25) is 5.10 Å². The molecule has 0 bridgehead atoms. The van der Waals surface area contributed by atoms with Crippen molar-refractivity contribution in [2.45, 2.75) is 25.7 Å². The normalized spacial score (nSPS) is 16.2. The third-order valence-corrected chi connectivity index (χ3v) is 5.10. The van der Waals surface area contributed by atoms with Crippen molar-refractivity contribution < 1.29 is 0 Å². The number of rotatable bonds is 2. The van der Waals surface area contributed by atoms with E-state index in [1.807, 2.05) is 12.3 Å². The summed E-state index contributed by atoms with van der Waals surface area (Å²) in [5.41, 5.74) is 5.00. The van der Waals surface area contributed by atoms with Crippen molar-refractivity contribution in [1.29, 1.82) is 0 Å². The van der Waals surface area contributed by atoms with Crippen LogP contribution < -0.4 is 4.90 Å². The highest BCUT2D eigenvalue weighted by atomic mass is 35.5. The second-order valence-electron chi connectivity index (χ2n) is 6.43. The van der Waals surface area contributed by atoms with Crippen LogP contribution in [0.25, 0.3) is 10.9 Å². The summed E-state index contributed by atoms with van der Waals surface area (Å²) in [5.74, 6) is 0.658. The molecule has 0 amide bonds. The van der Waals surface area contributed by atoms with Gasteiger partial charge in [0, 0.05) is 29.2 Å². The highest BCUT2D eigenvalue weighted by Crippen LogP contribution is 2.35. The van der Waals surface area contributed by atoms with Gasteiger partial charge in [-0.05, 0) is 43.4 Å². The minimum Gasteiger partial charge on any atom is -0.371 e. The third-order valence-electron chi connectivity index (χ3n) is 4.89. The summed E-state index contributed by atoms with van der Waals surface area (Å²) in [4.78, 5) is 2.44. The van der Waals surface area contributed by atoms with Crippen molar-refractivity contribution in [1.82, 2.24) is 10.2 Å². The predicted octanol–water partition coefficient (Wildman–Crippen LogP) is 4.91. The lowest BCUT2D eigenvalue weighted by atomic mass is 9.89. The van der Waals surface area contributed by atoms with E-state index in [1.54, 1.807) is 0 Å². The second kappa shape index (κ2) is 5.89. The number of aromatic amines is 1. The molecule has 4 heteroatoms. The van der Waals surface area contributed by atoms with E-state index in [0.717, 1.165) is 29.0 Å². The lowest BCUT2D eigenvalue weighted by molar-refractivity contribution is 0.506. The van der Waals surface area contributed by atoms with E-state index in [4.69, 9.17) is 11.6 Å². The first-order valence-corrected chi connectivity index (χ1v) is 8.52. The molecule has 118 valence electrons. The molecule has 3 aromatic rings. The molecule has 2 aromatic carbocycles. The topological polar surface area (TPSA) is 31.9 Å². The standard InChI is InChI=1S/C19H20ClN3/c1-13-2-4-14(5-3-13)15-6-8-23(9-7-15)19-11-16(20)10-18-17(19)12-21-22-18/h2-5,10-12,15H,6-9H2,1H3,(H,21,22). The molecule has 0 spiro atoms. The van der Waals surface area contributed by atoms with Gasteiger partial charge in [0.05, 0.1) is 11.7 Å². The second-order valence-corrected chi connectivity index (χ2v) is 6.86. The smallest absolute Gasteiger partial charge is 0.0686 e. The molecule has 0 radical (unpaired) electrons. The van der Waals surface area contributed by atoms with Gasteiger partial charge in [0.1, 0.15) is 0 Å². The Bertz CT molecular complexity index is 814. The van der Waals surface area contributed by atoms with Gasteiger partial charge >= 0.3 is 0 Å². The highest BCUT2D eigenvalue weighted by molar-refractivity contribution is 6.31. The summed E-state index contributed by atoms with van der Waals surface area (Å²) in [7, 11) is 0. The van der Waals surface area contributed by atoms with E-state index < -0.39 is 0 Å². The molecule has 2 heterocycles. The van der Waals surface area contributed by atoms with Crippen LogP contribution in [0.4, 0.5) is 5.69 Å². The molecule has 0 aliphatic carbocycles. The Labute approximate surface area is 141 Å². The first-order valence-electron chi connectivity index (χ1n) is 8.15. The minimum atomic E-state index is 0.658. The third kappa shape index (κ3) is 2.81. The molecule has 3 nitrogen and oxygen atoms in total. The monoisotopic (exact) mass is 325 g/mol. The summed E-state index contributed by atoms with van der Waals surface area (Å²) >= 11 is 6.26. The molecule has 1 fully saturated rings. The number of aryl methyl sites for hydroxylation is 1. The van der Waals surface area contributed by atoms with E-state index in [-0.39, 0.29) is 0 Å². The van der Waals surface area contributed by atoms with Crippen LogP contribution in [0.3, 0.4) is 0 Å². The van der Waals surface area contributed by atoms with Crippen molar-refractivity contribution in [2.24, 2.45) is 0 Å². The van der Waals surface area contributed by atoms with Crippen LogP contribution in [0.2, 0.25) is 5.02 Å². The van der Waals surface area contributed by atoms with Gasteiger partial charge in [0.15, 0.2) is 0 Å². The minimum absolute atomic E-state index is 0.658. The fraction of sp³-hybridized carbons (Fsp3) is 0.316. The van der Waals surface area contributed by atoms with E-state index >= 15 is 0 Å². The van der Waals surface area contributed by atoms with E-state index in [1.165, 1.54) is 29.7 Å². The zero-order valence-corrected chi connectivity index (χ0v) is 14.0. The molecule has 4 rings (SSSR count). The number of benzene rings is 2. The molecule has 1 N–H and O–H groups in total. The number of nitrogens with zero attached hydrogens (tertiary/aromatic N) is 2. The molecule has 0 atom stereocenters. The van der Waals surface area contributed by atoms with Gasteiger partial charge in [0.25, 0.3) is 0 Å². The van der Waals surface area contributed by atoms with Gasteiger partial charge < -0.3 is 4.90 Å². The number of nitrogens with one attached hydrogen (secondary N) is 1. The number of H-pyrrole nitrogens is 1. The Morgan fingerprint density at radius 3 is 2.61 bits per heavy atom. The lowest BCUT2D eigenvalue weighted by Crippen LogP contribution is -2.33. The largest absolute Gasteiger partial charge is 0.371 e. The van der Waals surface area contributed by atoms with E-state index in [0.29, 0.717) is 5.92 Å². The Balaban J connectivity index is 1.55. The summed E-state index contributed by atoms with van der Waals surface area (Å²) in [6.45, 7) is 4.25. The number of halogens is 1. The number of hydrogen-bond acceptors (Lipinski definition) is 2. The summed E-state index contributed by atoms with van der Waals surface area (Å²) < 4.78 is 0. The van der Waals surface area contributed by atoms with Crippen molar-refractivity contribution in [2.75, 3.05) is 18.0 Å². The zero-order chi connectivity index (χ0) is 15.8. The van der Waals surface area contributed by atoms with Crippen LogP contribution in [-0.4, -0.2) is 23.3 Å². The maximum Gasteiger partial charge on any atom is 0.0686 e.